The molecule has 10 heteroatoms. The first-order valence-corrected chi connectivity index (χ1v) is 8.17. The van der Waals surface area contributed by atoms with Gasteiger partial charge in [-0.25, -0.2) is 23.5 Å². The Bertz CT molecular complexity index is 990. The topological polar surface area (TPSA) is 68.5 Å². The number of carbonyl (C=O) groups excluding carboxylic acids is 1. The highest BCUT2D eigenvalue weighted by atomic mass is 35.5. The summed E-state index contributed by atoms with van der Waals surface area (Å²) in [6.07, 6.45) is 1.42. The number of aromatic nitrogens is 2. The van der Waals surface area contributed by atoms with Gasteiger partial charge in [0, 0.05) is 18.1 Å². The van der Waals surface area contributed by atoms with E-state index in [-0.39, 0.29) is 21.6 Å². The van der Waals surface area contributed by atoms with Crippen LogP contribution in [-0.4, -0.2) is 30.1 Å². The minimum absolute atomic E-state index is 0.00855. The van der Waals surface area contributed by atoms with Crippen molar-refractivity contribution >= 4 is 40.9 Å². The number of nitrogens with zero attached hydrogens (tertiary/aromatic N) is 3. The maximum absolute atomic E-state index is 14.3. The van der Waals surface area contributed by atoms with E-state index < -0.39 is 29.0 Å². The molecule has 6 nitrogen and oxygen atoms in total. The zero-order valence-corrected chi connectivity index (χ0v) is 15.5. The molecule has 0 aliphatic rings. The first kappa shape index (κ1) is 19.1. The Kier molecular flexibility index (Phi) is 5.29. The molecule has 2 heterocycles. The van der Waals surface area contributed by atoms with Crippen molar-refractivity contribution < 1.29 is 22.7 Å². The Hall–Kier alpha value is -2.71. The van der Waals surface area contributed by atoms with Gasteiger partial charge in [0.2, 0.25) is 5.88 Å². The predicted molar refractivity (Wildman–Crippen MR) is 95.5 cm³/mol. The van der Waals surface area contributed by atoms with Gasteiger partial charge in [-0.1, -0.05) is 23.2 Å². The van der Waals surface area contributed by atoms with Crippen molar-refractivity contribution in [3.8, 4) is 11.4 Å². The Morgan fingerprint density at radius 1 is 1.22 bits per heavy atom. The van der Waals surface area contributed by atoms with E-state index in [2.05, 4.69) is 14.7 Å². The summed E-state index contributed by atoms with van der Waals surface area (Å²) >= 11 is 11.9. The van der Waals surface area contributed by atoms with Crippen LogP contribution in [0.25, 0.3) is 11.4 Å². The fourth-order valence-electron chi connectivity index (χ4n) is 2.32. The zero-order valence-electron chi connectivity index (χ0n) is 14.0. The quantitative estimate of drug-likeness (QED) is 0.568. The summed E-state index contributed by atoms with van der Waals surface area (Å²) in [7, 11) is 2.67. The normalized spacial score (nSPS) is 10.7. The molecule has 1 aromatic carbocycles. The third kappa shape index (κ3) is 3.58. The maximum atomic E-state index is 14.3. The standard InChI is InChI=1S/C17H11Cl2F2N3O3/c1-24(11-4-3-5-27-11)16-13(19)14(17(25)26-2)22-15(23-16)12-9(20)6-8(18)7-10(12)21/h3-7H,1-2H3. The minimum atomic E-state index is -0.996. The van der Waals surface area contributed by atoms with E-state index in [4.69, 9.17) is 27.6 Å². The highest BCUT2D eigenvalue weighted by molar-refractivity contribution is 6.35. The minimum Gasteiger partial charge on any atom is -0.464 e. The zero-order chi connectivity index (χ0) is 19.7. The molecule has 0 aliphatic heterocycles. The lowest BCUT2D eigenvalue weighted by atomic mass is 10.1. The van der Waals surface area contributed by atoms with Crippen molar-refractivity contribution in [2.75, 3.05) is 19.1 Å². The van der Waals surface area contributed by atoms with Gasteiger partial charge in [-0.2, -0.15) is 0 Å². The average Bonchev–Trinajstić information content (AvgIpc) is 3.15. The van der Waals surface area contributed by atoms with Crippen LogP contribution in [0.1, 0.15) is 10.5 Å². The lowest BCUT2D eigenvalue weighted by molar-refractivity contribution is 0.0594. The second-order valence-corrected chi connectivity index (χ2v) is 6.09. The number of hydrogen-bond acceptors (Lipinski definition) is 6. The van der Waals surface area contributed by atoms with Gasteiger partial charge in [0.05, 0.1) is 18.9 Å². The largest absolute Gasteiger partial charge is 0.464 e. The van der Waals surface area contributed by atoms with Gasteiger partial charge in [-0.3, -0.25) is 4.90 Å². The Morgan fingerprint density at radius 2 is 1.89 bits per heavy atom. The molecule has 0 saturated carbocycles. The first-order chi connectivity index (χ1) is 12.8. The summed E-state index contributed by atoms with van der Waals surface area (Å²) in [6.45, 7) is 0. The van der Waals surface area contributed by atoms with Crippen molar-refractivity contribution in [3.63, 3.8) is 0 Å². The molecule has 0 fully saturated rings. The van der Waals surface area contributed by atoms with Crippen LogP contribution in [0.3, 0.4) is 0 Å². The Labute approximate surface area is 162 Å². The molecule has 0 aliphatic carbocycles. The summed E-state index contributed by atoms with van der Waals surface area (Å²) in [5.41, 5.74) is -0.915. The van der Waals surface area contributed by atoms with Crippen LogP contribution in [0.5, 0.6) is 0 Å². The highest BCUT2D eigenvalue weighted by Gasteiger charge is 2.26. The SMILES string of the molecule is COC(=O)c1nc(-c2c(F)cc(Cl)cc2F)nc(N(C)c2ccco2)c1Cl. The average molecular weight is 414 g/mol. The van der Waals surface area contributed by atoms with E-state index in [1.54, 1.807) is 19.2 Å². The van der Waals surface area contributed by atoms with Crippen LogP contribution in [0.15, 0.2) is 34.9 Å². The fraction of sp³-hybridized carbons (Fsp3) is 0.118. The van der Waals surface area contributed by atoms with Gasteiger partial charge >= 0.3 is 5.97 Å². The van der Waals surface area contributed by atoms with Crippen molar-refractivity contribution in [2.45, 2.75) is 0 Å². The van der Waals surface area contributed by atoms with Gasteiger partial charge in [0.1, 0.15) is 16.7 Å². The summed E-state index contributed by atoms with van der Waals surface area (Å²) < 4.78 is 38.6. The van der Waals surface area contributed by atoms with Crippen LogP contribution >= 0.6 is 23.2 Å². The van der Waals surface area contributed by atoms with Crippen molar-refractivity contribution in [1.82, 2.24) is 9.97 Å². The number of ether oxygens (including phenoxy) is 1. The van der Waals surface area contributed by atoms with Gasteiger partial charge < -0.3 is 9.15 Å². The molecule has 140 valence electrons. The van der Waals surface area contributed by atoms with Crippen molar-refractivity contribution in [2.24, 2.45) is 0 Å². The Morgan fingerprint density at radius 3 is 2.44 bits per heavy atom. The summed E-state index contributed by atoms with van der Waals surface area (Å²) in [6, 6.07) is 5.05. The maximum Gasteiger partial charge on any atom is 0.358 e. The second-order valence-electron chi connectivity index (χ2n) is 5.28. The van der Waals surface area contributed by atoms with Crippen molar-refractivity contribution in [3.05, 3.63) is 57.9 Å². The number of hydrogen-bond donors (Lipinski definition) is 0. The van der Waals surface area contributed by atoms with E-state index in [0.29, 0.717) is 5.88 Å². The number of rotatable bonds is 4. The molecule has 0 amide bonds. The molecule has 0 radical (unpaired) electrons. The van der Waals surface area contributed by atoms with Crippen LogP contribution < -0.4 is 4.90 Å². The molecule has 0 N–H and O–H groups in total. The molecule has 2 aromatic heterocycles. The smallest absolute Gasteiger partial charge is 0.358 e. The van der Waals surface area contributed by atoms with Crippen LogP contribution in [-0.2, 0) is 4.74 Å². The summed E-state index contributed by atoms with van der Waals surface area (Å²) in [4.78, 5) is 21.5. The molecule has 0 unspecified atom stereocenters. The van der Waals surface area contributed by atoms with Crippen molar-refractivity contribution in [1.29, 1.82) is 0 Å². The third-order valence-corrected chi connectivity index (χ3v) is 4.16. The van der Waals surface area contributed by atoms with Crippen LogP contribution in [0, 0.1) is 11.6 Å². The van der Waals surface area contributed by atoms with Gasteiger partial charge in [-0.05, 0) is 18.2 Å². The predicted octanol–water partition coefficient (Wildman–Crippen LogP) is 4.88. The van der Waals surface area contributed by atoms with E-state index in [1.165, 1.54) is 11.2 Å². The first-order valence-electron chi connectivity index (χ1n) is 7.41. The molecule has 0 atom stereocenters. The number of carbonyl (C=O) groups is 1. The molecule has 27 heavy (non-hydrogen) atoms. The number of methoxy groups -OCH3 is 1. The lowest BCUT2D eigenvalue weighted by Crippen LogP contribution is -2.16. The number of benzene rings is 1. The molecular formula is C17H11Cl2F2N3O3. The monoisotopic (exact) mass is 413 g/mol. The van der Waals surface area contributed by atoms with Crippen LogP contribution in [0.2, 0.25) is 10.0 Å². The molecular weight excluding hydrogens is 403 g/mol. The van der Waals surface area contributed by atoms with E-state index in [1.807, 2.05) is 0 Å². The van der Waals surface area contributed by atoms with E-state index in [0.717, 1.165) is 19.2 Å². The molecule has 3 rings (SSSR count). The van der Waals surface area contributed by atoms with Gasteiger partial charge in [0.25, 0.3) is 0 Å². The van der Waals surface area contributed by atoms with E-state index in [9.17, 15) is 13.6 Å². The second kappa shape index (κ2) is 7.50. The van der Waals surface area contributed by atoms with E-state index >= 15 is 0 Å². The fourth-order valence-corrected chi connectivity index (χ4v) is 2.80. The molecule has 0 bridgehead atoms. The number of halogens is 4. The highest BCUT2D eigenvalue weighted by Crippen LogP contribution is 2.35. The molecule has 0 saturated heterocycles. The molecule has 3 aromatic rings. The Balaban J connectivity index is 2.27. The van der Waals surface area contributed by atoms with Gasteiger partial charge in [-0.15, -0.1) is 0 Å². The number of esters is 1. The third-order valence-electron chi connectivity index (χ3n) is 3.60. The lowest BCUT2D eigenvalue weighted by Gasteiger charge is -2.18. The number of furan rings is 1. The van der Waals surface area contributed by atoms with Crippen LogP contribution in [0.4, 0.5) is 20.5 Å². The summed E-state index contributed by atoms with van der Waals surface area (Å²) in [5, 5.41) is -0.303. The summed E-state index contributed by atoms with van der Waals surface area (Å²) in [5.74, 6) is -2.97. The number of anilines is 2. The molecule has 0 spiro atoms. The van der Waals surface area contributed by atoms with Gasteiger partial charge in [0.15, 0.2) is 17.3 Å².